The maximum absolute atomic E-state index is 12.7. The van der Waals surface area contributed by atoms with Crippen molar-refractivity contribution in [2.45, 2.75) is 34.2 Å². The first-order chi connectivity index (χ1) is 11.9. The summed E-state index contributed by atoms with van der Waals surface area (Å²) in [5.74, 6) is 0.0529. The van der Waals surface area contributed by atoms with Crippen LogP contribution in [-0.4, -0.2) is 27.3 Å². The largest absolute Gasteiger partial charge is 0.462 e. The fraction of sp³-hybridized carbons (Fsp3) is 0.333. The number of esters is 1. The highest BCUT2D eigenvalue weighted by Gasteiger charge is 2.19. The number of fused-ring (bicyclic) bond motifs is 1. The summed E-state index contributed by atoms with van der Waals surface area (Å²) in [6.45, 7) is 7.81. The molecule has 0 spiro atoms. The Morgan fingerprint density at radius 3 is 2.68 bits per heavy atom. The molecule has 0 saturated carbocycles. The van der Waals surface area contributed by atoms with Crippen LogP contribution >= 0.6 is 0 Å². The van der Waals surface area contributed by atoms with Gasteiger partial charge in [0.05, 0.1) is 24.2 Å². The molecule has 3 rings (SSSR count). The van der Waals surface area contributed by atoms with Gasteiger partial charge in [-0.15, -0.1) is 0 Å². The smallest absolute Gasteiger partial charge is 0.343 e. The number of aromatic nitrogens is 3. The van der Waals surface area contributed by atoms with Gasteiger partial charge in [0.15, 0.2) is 0 Å². The van der Waals surface area contributed by atoms with E-state index in [-0.39, 0.29) is 17.6 Å². The first kappa shape index (κ1) is 16.9. The fourth-order valence-corrected chi connectivity index (χ4v) is 2.73. The minimum Gasteiger partial charge on any atom is -0.462 e. The van der Waals surface area contributed by atoms with Crippen LogP contribution in [0.5, 0.6) is 0 Å². The molecule has 0 N–H and O–H groups in total. The van der Waals surface area contributed by atoms with E-state index in [2.05, 4.69) is 10.1 Å². The molecule has 0 bridgehead atoms. The van der Waals surface area contributed by atoms with E-state index in [0.29, 0.717) is 23.3 Å². The Hall–Kier alpha value is -2.96. The maximum atomic E-state index is 12.7. The van der Waals surface area contributed by atoms with Crippen molar-refractivity contribution in [1.82, 2.24) is 14.7 Å². The van der Waals surface area contributed by atoms with Gasteiger partial charge in [-0.3, -0.25) is 4.79 Å². The number of ether oxygens (including phenoxy) is 1. The van der Waals surface area contributed by atoms with Crippen molar-refractivity contribution >= 4 is 17.0 Å². The van der Waals surface area contributed by atoms with Crippen molar-refractivity contribution in [3.05, 3.63) is 56.8 Å². The van der Waals surface area contributed by atoms with E-state index < -0.39 is 5.97 Å². The third kappa shape index (κ3) is 3.05. The van der Waals surface area contributed by atoms with Crippen LogP contribution < -0.4 is 5.43 Å². The zero-order valence-corrected chi connectivity index (χ0v) is 14.6. The number of aryl methyl sites for hydroxylation is 3. The maximum Gasteiger partial charge on any atom is 0.343 e. The zero-order valence-electron chi connectivity index (χ0n) is 14.6. The first-order valence-corrected chi connectivity index (χ1v) is 8.02. The molecule has 25 heavy (non-hydrogen) atoms. The van der Waals surface area contributed by atoms with Crippen molar-refractivity contribution in [3.8, 4) is 0 Å². The second-order valence-corrected chi connectivity index (χ2v) is 5.85. The van der Waals surface area contributed by atoms with Gasteiger partial charge in [0, 0.05) is 17.5 Å². The third-order valence-electron chi connectivity index (χ3n) is 4.07. The van der Waals surface area contributed by atoms with Crippen molar-refractivity contribution in [1.29, 1.82) is 0 Å². The lowest BCUT2D eigenvalue weighted by molar-refractivity contribution is 0.0524. The second kappa shape index (κ2) is 6.51. The van der Waals surface area contributed by atoms with E-state index >= 15 is 0 Å². The van der Waals surface area contributed by atoms with Gasteiger partial charge in [0.1, 0.15) is 17.0 Å². The van der Waals surface area contributed by atoms with Crippen molar-refractivity contribution in [2.75, 3.05) is 6.61 Å². The number of hydrogen-bond acceptors (Lipinski definition) is 6. The molecule has 0 unspecified atom stereocenters. The molecule has 130 valence electrons. The Balaban J connectivity index is 2.25. The minimum absolute atomic E-state index is 0.00763. The molecule has 7 nitrogen and oxygen atoms in total. The Labute approximate surface area is 144 Å². The molecule has 0 aliphatic carbocycles. The van der Waals surface area contributed by atoms with Crippen LogP contribution in [0.25, 0.3) is 11.0 Å². The average Bonchev–Trinajstić information content (AvgIpc) is 2.89. The molecule has 3 aromatic heterocycles. The normalized spacial score (nSPS) is 11.0. The van der Waals surface area contributed by atoms with Gasteiger partial charge >= 0.3 is 5.97 Å². The summed E-state index contributed by atoms with van der Waals surface area (Å²) in [6.07, 6.45) is 1.50. The minimum atomic E-state index is -0.637. The van der Waals surface area contributed by atoms with Gasteiger partial charge in [-0.25, -0.2) is 9.78 Å². The topological polar surface area (TPSA) is 87.2 Å². The van der Waals surface area contributed by atoms with Crippen LogP contribution in [-0.2, 0) is 11.3 Å². The van der Waals surface area contributed by atoms with E-state index in [1.54, 1.807) is 23.6 Å². The monoisotopic (exact) mass is 341 g/mol. The number of hydrogen-bond donors (Lipinski definition) is 0. The van der Waals surface area contributed by atoms with Crippen LogP contribution in [0.1, 0.15) is 40.0 Å². The highest BCUT2D eigenvalue weighted by molar-refractivity contribution is 5.93. The van der Waals surface area contributed by atoms with Crippen molar-refractivity contribution in [3.63, 3.8) is 0 Å². The number of pyridine rings is 2. The number of carbonyl (C=O) groups excluding carboxylic acids is 1. The predicted octanol–water partition coefficient (Wildman–Crippen LogP) is 2.53. The molecular weight excluding hydrogens is 322 g/mol. The molecule has 0 amide bonds. The Kier molecular flexibility index (Phi) is 4.39. The van der Waals surface area contributed by atoms with Gasteiger partial charge in [-0.05, 0) is 39.8 Å². The number of carbonyl (C=O) groups is 1. The Morgan fingerprint density at radius 1 is 1.28 bits per heavy atom. The third-order valence-corrected chi connectivity index (χ3v) is 4.07. The van der Waals surface area contributed by atoms with Crippen LogP contribution in [0, 0.1) is 20.8 Å². The molecule has 0 fully saturated rings. The molecule has 7 heteroatoms. The van der Waals surface area contributed by atoms with Crippen LogP contribution in [0.3, 0.4) is 0 Å². The van der Waals surface area contributed by atoms with Crippen LogP contribution in [0.2, 0.25) is 0 Å². The van der Waals surface area contributed by atoms with E-state index in [1.165, 1.54) is 6.20 Å². The highest BCUT2D eigenvalue weighted by atomic mass is 16.5. The predicted molar refractivity (Wildman–Crippen MR) is 91.8 cm³/mol. The summed E-state index contributed by atoms with van der Waals surface area (Å²) in [7, 11) is 0. The molecule has 0 radical (unpaired) electrons. The van der Waals surface area contributed by atoms with Gasteiger partial charge in [-0.2, -0.15) is 0 Å². The number of nitrogens with zero attached hydrogens (tertiary/aromatic N) is 3. The summed E-state index contributed by atoms with van der Waals surface area (Å²) >= 11 is 0. The van der Waals surface area contributed by atoms with Gasteiger partial charge < -0.3 is 13.8 Å². The van der Waals surface area contributed by atoms with E-state index in [4.69, 9.17) is 9.26 Å². The quantitative estimate of drug-likeness (QED) is 0.678. The van der Waals surface area contributed by atoms with E-state index in [0.717, 1.165) is 17.0 Å². The first-order valence-electron chi connectivity index (χ1n) is 8.02. The second-order valence-electron chi connectivity index (χ2n) is 5.85. The van der Waals surface area contributed by atoms with Gasteiger partial charge in [0.25, 0.3) is 0 Å². The summed E-state index contributed by atoms with van der Waals surface area (Å²) in [4.78, 5) is 29.3. The summed E-state index contributed by atoms with van der Waals surface area (Å²) in [5, 5.41) is 4.33. The molecule has 3 aromatic rings. The zero-order chi connectivity index (χ0) is 18.1. The molecule has 0 atom stereocenters. The lowest BCUT2D eigenvalue weighted by Crippen LogP contribution is -2.22. The van der Waals surface area contributed by atoms with Gasteiger partial charge in [0.2, 0.25) is 5.43 Å². The molecule has 3 heterocycles. The molecular formula is C18H19N3O4. The van der Waals surface area contributed by atoms with Crippen molar-refractivity contribution in [2.24, 2.45) is 0 Å². The highest BCUT2D eigenvalue weighted by Crippen LogP contribution is 2.18. The Morgan fingerprint density at radius 2 is 2.04 bits per heavy atom. The Bertz CT molecular complexity index is 998. The van der Waals surface area contributed by atoms with E-state index in [1.807, 2.05) is 20.8 Å². The molecule has 0 aliphatic rings. The lowest BCUT2D eigenvalue weighted by Gasteiger charge is -2.13. The van der Waals surface area contributed by atoms with Crippen molar-refractivity contribution < 1.29 is 14.1 Å². The van der Waals surface area contributed by atoms with Gasteiger partial charge in [-0.1, -0.05) is 5.16 Å². The standard InChI is InChI=1S/C18H19N3O4/c1-5-24-18(23)15-9-21(8-14-11(3)20-25-12(14)4)17-13(16(15)22)7-6-10(2)19-17/h6-7,9H,5,8H2,1-4H3. The number of rotatable bonds is 4. The molecule has 0 aliphatic heterocycles. The average molecular weight is 341 g/mol. The van der Waals surface area contributed by atoms with E-state index in [9.17, 15) is 9.59 Å². The molecule has 0 saturated heterocycles. The fourth-order valence-electron chi connectivity index (χ4n) is 2.73. The summed E-state index contributed by atoms with van der Waals surface area (Å²) in [5.41, 5.74) is 2.56. The van der Waals surface area contributed by atoms with Crippen LogP contribution in [0.4, 0.5) is 0 Å². The summed E-state index contributed by atoms with van der Waals surface area (Å²) < 4.78 is 12.0. The summed E-state index contributed by atoms with van der Waals surface area (Å²) in [6, 6.07) is 3.44. The lowest BCUT2D eigenvalue weighted by atomic mass is 10.1. The molecule has 0 aromatic carbocycles. The SMILES string of the molecule is CCOC(=O)c1cn(Cc2c(C)noc2C)c2nc(C)ccc2c1=O. The van der Waals surface area contributed by atoms with Crippen LogP contribution in [0.15, 0.2) is 27.6 Å².